The molecule has 0 saturated carbocycles. The second kappa shape index (κ2) is 6.02. The number of allylic oxidation sites excluding steroid dienone is 1. The summed E-state index contributed by atoms with van der Waals surface area (Å²) >= 11 is 0. The van der Waals surface area contributed by atoms with Crippen LogP contribution < -0.4 is 4.74 Å². The van der Waals surface area contributed by atoms with Crippen LogP contribution in [-0.2, 0) is 7.05 Å². The Morgan fingerprint density at radius 3 is 2.48 bits per heavy atom. The molecule has 1 heterocycles. The molecule has 0 atom stereocenters. The van der Waals surface area contributed by atoms with Crippen LogP contribution in [0.1, 0.15) is 16.8 Å². The number of nitrogens with zero attached hydrogens (tertiary/aromatic N) is 2. The average Bonchev–Trinajstić information content (AvgIpc) is 2.84. The fourth-order valence-electron chi connectivity index (χ4n) is 2.83. The Morgan fingerprint density at radius 2 is 1.83 bits per heavy atom. The largest absolute Gasteiger partial charge is 0.497 e. The molecule has 23 heavy (non-hydrogen) atoms. The van der Waals surface area contributed by atoms with Crippen LogP contribution in [0.5, 0.6) is 5.75 Å². The van der Waals surface area contributed by atoms with Crippen LogP contribution in [0, 0.1) is 18.3 Å². The first-order valence-corrected chi connectivity index (χ1v) is 7.46. The van der Waals surface area contributed by atoms with Gasteiger partial charge in [-0.2, -0.15) is 5.26 Å². The molecule has 0 amide bonds. The minimum atomic E-state index is 0.645. The number of rotatable bonds is 3. The molecule has 1 aromatic heterocycles. The van der Waals surface area contributed by atoms with E-state index in [9.17, 15) is 5.26 Å². The lowest BCUT2D eigenvalue weighted by Crippen LogP contribution is -1.90. The normalized spacial score (nSPS) is 11.5. The monoisotopic (exact) mass is 302 g/mol. The zero-order chi connectivity index (χ0) is 16.4. The first-order chi connectivity index (χ1) is 11.2. The standard InChI is InChI=1S/C20H18N2O/c1-14-19(18-6-4-5-7-20(18)22(14)2)12-16(13-21)15-8-10-17(23-3)11-9-15/h4-12H,1-3H3. The van der Waals surface area contributed by atoms with Gasteiger partial charge in [-0.15, -0.1) is 0 Å². The minimum absolute atomic E-state index is 0.645. The Balaban J connectivity index is 2.15. The molecule has 0 fully saturated rings. The molecule has 0 aliphatic carbocycles. The van der Waals surface area contributed by atoms with Crippen LogP contribution in [0.15, 0.2) is 48.5 Å². The number of methoxy groups -OCH3 is 1. The van der Waals surface area contributed by atoms with E-state index in [1.165, 1.54) is 5.52 Å². The second-order valence-electron chi connectivity index (χ2n) is 5.47. The van der Waals surface area contributed by atoms with Gasteiger partial charge in [0.1, 0.15) is 5.75 Å². The molecule has 0 unspecified atom stereocenters. The van der Waals surface area contributed by atoms with Gasteiger partial charge in [-0.3, -0.25) is 0 Å². The first kappa shape index (κ1) is 14.9. The van der Waals surface area contributed by atoms with E-state index in [1.54, 1.807) is 7.11 Å². The van der Waals surface area contributed by atoms with Gasteiger partial charge in [0.2, 0.25) is 0 Å². The van der Waals surface area contributed by atoms with Crippen molar-refractivity contribution in [2.24, 2.45) is 7.05 Å². The highest BCUT2D eigenvalue weighted by Gasteiger charge is 2.11. The molecule has 0 aliphatic rings. The molecule has 3 heteroatoms. The van der Waals surface area contributed by atoms with Crippen molar-refractivity contribution >= 4 is 22.6 Å². The smallest absolute Gasteiger partial charge is 0.118 e. The fourth-order valence-corrected chi connectivity index (χ4v) is 2.83. The number of aryl methyl sites for hydroxylation is 1. The van der Waals surface area contributed by atoms with Crippen LogP contribution in [0.25, 0.3) is 22.6 Å². The van der Waals surface area contributed by atoms with Crippen molar-refractivity contribution in [1.29, 1.82) is 5.26 Å². The number of ether oxygens (including phenoxy) is 1. The van der Waals surface area contributed by atoms with Gasteiger partial charge in [-0.25, -0.2) is 0 Å². The van der Waals surface area contributed by atoms with Crippen molar-refractivity contribution < 1.29 is 4.74 Å². The maximum absolute atomic E-state index is 9.58. The number of hydrogen-bond donors (Lipinski definition) is 0. The quantitative estimate of drug-likeness (QED) is 0.665. The fraction of sp³-hybridized carbons (Fsp3) is 0.150. The third-order valence-corrected chi connectivity index (χ3v) is 4.26. The first-order valence-electron chi connectivity index (χ1n) is 7.46. The number of aromatic nitrogens is 1. The zero-order valence-electron chi connectivity index (χ0n) is 13.5. The Morgan fingerprint density at radius 1 is 1.13 bits per heavy atom. The summed E-state index contributed by atoms with van der Waals surface area (Å²) in [6.45, 7) is 2.08. The molecular formula is C20H18N2O. The van der Waals surface area contributed by atoms with Crippen LogP contribution in [-0.4, -0.2) is 11.7 Å². The van der Waals surface area contributed by atoms with Crippen molar-refractivity contribution in [2.75, 3.05) is 7.11 Å². The third-order valence-electron chi connectivity index (χ3n) is 4.26. The molecule has 0 N–H and O–H groups in total. The topological polar surface area (TPSA) is 37.9 Å². The summed E-state index contributed by atoms with van der Waals surface area (Å²) in [6.07, 6.45) is 1.97. The third kappa shape index (κ3) is 2.60. The lowest BCUT2D eigenvalue weighted by Gasteiger charge is -2.03. The molecule has 0 radical (unpaired) electrons. The van der Waals surface area contributed by atoms with Crippen LogP contribution in [0.3, 0.4) is 0 Å². The van der Waals surface area contributed by atoms with Gasteiger partial charge in [0, 0.05) is 29.2 Å². The Bertz CT molecular complexity index is 925. The van der Waals surface area contributed by atoms with E-state index in [-0.39, 0.29) is 0 Å². The van der Waals surface area contributed by atoms with Crippen LogP contribution in [0.4, 0.5) is 0 Å². The Kier molecular flexibility index (Phi) is 3.91. The molecule has 0 saturated heterocycles. The summed E-state index contributed by atoms with van der Waals surface area (Å²) in [5.41, 5.74) is 4.94. The van der Waals surface area contributed by atoms with Gasteiger partial charge >= 0.3 is 0 Å². The molecule has 114 valence electrons. The zero-order valence-corrected chi connectivity index (χ0v) is 13.5. The molecule has 3 nitrogen and oxygen atoms in total. The summed E-state index contributed by atoms with van der Waals surface area (Å²) in [6, 6.07) is 18.1. The van der Waals surface area contributed by atoms with E-state index in [4.69, 9.17) is 4.74 Å². The molecule has 0 spiro atoms. The summed E-state index contributed by atoms with van der Waals surface area (Å²) in [5, 5.41) is 10.7. The summed E-state index contributed by atoms with van der Waals surface area (Å²) in [7, 11) is 3.68. The molecule has 3 rings (SSSR count). The minimum Gasteiger partial charge on any atom is -0.497 e. The summed E-state index contributed by atoms with van der Waals surface area (Å²) < 4.78 is 7.33. The number of benzene rings is 2. The van der Waals surface area contributed by atoms with Crippen molar-refractivity contribution in [3.8, 4) is 11.8 Å². The SMILES string of the molecule is COc1ccc(C(C#N)=Cc2c(C)n(C)c3ccccc23)cc1. The predicted molar refractivity (Wildman–Crippen MR) is 94.1 cm³/mol. The lowest BCUT2D eigenvalue weighted by atomic mass is 10.0. The predicted octanol–water partition coefficient (Wildman–Crippen LogP) is 4.56. The molecule has 0 aliphatic heterocycles. The lowest BCUT2D eigenvalue weighted by molar-refractivity contribution is 0.415. The Labute approximate surface area is 136 Å². The highest BCUT2D eigenvalue weighted by Crippen LogP contribution is 2.29. The molecule has 0 bridgehead atoms. The second-order valence-corrected chi connectivity index (χ2v) is 5.47. The molecular weight excluding hydrogens is 284 g/mol. The van der Waals surface area contributed by atoms with Gasteiger partial charge in [-0.1, -0.05) is 18.2 Å². The number of nitriles is 1. The summed E-state index contributed by atoms with van der Waals surface area (Å²) in [5.74, 6) is 0.785. The van der Waals surface area contributed by atoms with E-state index >= 15 is 0 Å². The van der Waals surface area contributed by atoms with E-state index in [0.717, 1.165) is 28.0 Å². The van der Waals surface area contributed by atoms with Gasteiger partial charge in [-0.05, 0) is 48.9 Å². The van der Waals surface area contributed by atoms with E-state index in [0.29, 0.717) is 5.57 Å². The van der Waals surface area contributed by atoms with Crippen molar-refractivity contribution in [2.45, 2.75) is 6.92 Å². The van der Waals surface area contributed by atoms with Crippen molar-refractivity contribution in [3.05, 3.63) is 65.4 Å². The Hall–Kier alpha value is -2.99. The molecule has 3 aromatic rings. The average molecular weight is 302 g/mol. The van der Waals surface area contributed by atoms with E-state index in [1.807, 2.05) is 42.5 Å². The highest BCUT2D eigenvalue weighted by atomic mass is 16.5. The maximum Gasteiger partial charge on any atom is 0.118 e. The molecule has 2 aromatic carbocycles. The number of fused-ring (bicyclic) bond motifs is 1. The maximum atomic E-state index is 9.58. The van der Waals surface area contributed by atoms with Gasteiger partial charge in [0.15, 0.2) is 0 Å². The van der Waals surface area contributed by atoms with Gasteiger partial charge in [0.05, 0.1) is 18.8 Å². The number of hydrogen-bond acceptors (Lipinski definition) is 2. The van der Waals surface area contributed by atoms with Crippen LogP contribution >= 0.6 is 0 Å². The van der Waals surface area contributed by atoms with Gasteiger partial charge in [0.25, 0.3) is 0 Å². The van der Waals surface area contributed by atoms with E-state index in [2.05, 4.69) is 36.7 Å². The summed E-state index contributed by atoms with van der Waals surface area (Å²) in [4.78, 5) is 0. The van der Waals surface area contributed by atoms with Gasteiger partial charge < -0.3 is 9.30 Å². The van der Waals surface area contributed by atoms with Crippen molar-refractivity contribution in [1.82, 2.24) is 4.57 Å². The highest BCUT2D eigenvalue weighted by molar-refractivity contribution is 5.99. The van der Waals surface area contributed by atoms with Crippen molar-refractivity contribution in [3.63, 3.8) is 0 Å². The number of para-hydroxylation sites is 1. The van der Waals surface area contributed by atoms with Crippen LogP contribution in [0.2, 0.25) is 0 Å². The van der Waals surface area contributed by atoms with E-state index < -0.39 is 0 Å².